The third-order valence-electron chi connectivity index (χ3n) is 3.63. The molecule has 2 aromatic carbocycles. The van der Waals surface area contributed by atoms with Crippen molar-refractivity contribution in [3.05, 3.63) is 59.2 Å². The van der Waals surface area contributed by atoms with Crippen LogP contribution in [0.1, 0.15) is 29.2 Å². The maximum Gasteiger partial charge on any atom is 0.128 e. The van der Waals surface area contributed by atoms with Crippen LogP contribution in [0.5, 0.6) is 11.5 Å². The van der Waals surface area contributed by atoms with Crippen molar-refractivity contribution >= 4 is 0 Å². The highest BCUT2D eigenvalue weighted by atomic mass is 16.5. The molecule has 3 nitrogen and oxygen atoms in total. The monoisotopic (exact) mass is 286 g/mol. The van der Waals surface area contributed by atoms with Crippen LogP contribution in [0, 0.1) is 6.92 Å². The summed E-state index contributed by atoms with van der Waals surface area (Å²) in [6, 6.07) is 13.9. The van der Waals surface area contributed by atoms with Crippen LogP contribution in [0.3, 0.4) is 0 Å². The molecular formula is C18H22O3. The Morgan fingerprint density at radius 1 is 1.00 bits per heavy atom. The van der Waals surface area contributed by atoms with Crippen LogP contribution in [0.2, 0.25) is 0 Å². The minimum absolute atomic E-state index is 0.549. The molecule has 0 aromatic heterocycles. The Labute approximate surface area is 126 Å². The molecule has 0 aliphatic rings. The first kappa shape index (κ1) is 15.4. The standard InChI is InChI=1S/C18H22O3/c1-13-4-6-14(7-5-13)8-11-17(19)16-10-9-15(20-2)12-18(16)21-3/h4-7,9-10,12,17,19H,8,11H2,1-3H3. The minimum atomic E-state index is -0.549. The quantitative estimate of drug-likeness (QED) is 0.880. The molecule has 112 valence electrons. The van der Waals surface area contributed by atoms with E-state index in [1.54, 1.807) is 20.3 Å². The van der Waals surface area contributed by atoms with E-state index in [0.29, 0.717) is 12.2 Å². The Morgan fingerprint density at radius 2 is 1.71 bits per heavy atom. The molecule has 0 heterocycles. The Hall–Kier alpha value is -2.00. The zero-order valence-corrected chi connectivity index (χ0v) is 12.8. The zero-order chi connectivity index (χ0) is 15.2. The number of hydrogen-bond acceptors (Lipinski definition) is 3. The van der Waals surface area contributed by atoms with Crippen molar-refractivity contribution in [1.82, 2.24) is 0 Å². The average molecular weight is 286 g/mol. The molecule has 0 bridgehead atoms. The van der Waals surface area contributed by atoms with Gasteiger partial charge < -0.3 is 14.6 Å². The largest absolute Gasteiger partial charge is 0.497 e. The van der Waals surface area contributed by atoms with Crippen molar-refractivity contribution in [3.63, 3.8) is 0 Å². The molecule has 0 saturated heterocycles. The average Bonchev–Trinajstić information content (AvgIpc) is 2.53. The van der Waals surface area contributed by atoms with E-state index < -0.39 is 6.10 Å². The third-order valence-corrected chi connectivity index (χ3v) is 3.63. The van der Waals surface area contributed by atoms with Gasteiger partial charge in [0.1, 0.15) is 11.5 Å². The van der Waals surface area contributed by atoms with Gasteiger partial charge >= 0.3 is 0 Å². The molecule has 0 aliphatic carbocycles. The molecule has 0 saturated carbocycles. The Bertz CT molecular complexity index is 576. The summed E-state index contributed by atoms with van der Waals surface area (Å²) in [5.41, 5.74) is 3.27. The number of ether oxygens (including phenoxy) is 2. The Kier molecular flexibility index (Phi) is 5.23. The van der Waals surface area contributed by atoms with E-state index >= 15 is 0 Å². The topological polar surface area (TPSA) is 38.7 Å². The van der Waals surface area contributed by atoms with E-state index in [9.17, 15) is 5.11 Å². The first-order valence-electron chi connectivity index (χ1n) is 7.09. The summed E-state index contributed by atoms with van der Waals surface area (Å²) in [6.45, 7) is 2.07. The van der Waals surface area contributed by atoms with Crippen LogP contribution >= 0.6 is 0 Å². The summed E-state index contributed by atoms with van der Waals surface area (Å²) in [5, 5.41) is 10.4. The maximum absolute atomic E-state index is 10.4. The maximum atomic E-state index is 10.4. The molecule has 0 spiro atoms. The van der Waals surface area contributed by atoms with Gasteiger partial charge in [-0.2, -0.15) is 0 Å². The van der Waals surface area contributed by atoms with Crippen molar-refractivity contribution in [2.45, 2.75) is 25.9 Å². The van der Waals surface area contributed by atoms with Crippen molar-refractivity contribution in [1.29, 1.82) is 0 Å². The minimum Gasteiger partial charge on any atom is -0.497 e. The molecule has 3 heteroatoms. The number of hydrogen-bond donors (Lipinski definition) is 1. The van der Waals surface area contributed by atoms with Gasteiger partial charge in [0.2, 0.25) is 0 Å². The van der Waals surface area contributed by atoms with Gasteiger partial charge in [-0.05, 0) is 37.5 Å². The van der Waals surface area contributed by atoms with Gasteiger partial charge in [-0.25, -0.2) is 0 Å². The first-order chi connectivity index (χ1) is 10.1. The molecular weight excluding hydrogens is 264 g/mol. The van der Waals surface area contributed by atoms with Gasteiger partial charge in [0.05, 0.1) is 20.3 Å². The molecule has 2 aromatic rings. The Morgan fingerprint density at radius 3 is 2.33 bits per heavy atom. The van der Waals surface area contributed by atoms with Gasteiger partial charge in [0.25, 0.3) is 0 Å². The predicted octanol–water partition coefficient (Wildman–Crippen LogP) is 3.68. The number of rotatable bonds is 6. The van der Waals surface area contributed by atoms with E-state index in [2.05, 4.69) is 31.2 Å². The van der Waals surface area contributed by atoms with Crippen LogP contribution in [-0.2, 0) is 6.42 Å². The number of aryl methyl sites for hydroxylation is 2. The van der Waals surface area contributed by atoms with Crippen molar-refractivity contribution in [2.75, 3.05) is 14.2 Å². The first-order valence-corrected chi connectivity index (χ1v) is 7.09. The van der Waals surface area contributed by atoms with Gasteiger partial charge in [0, 0.05) is 11.6 Å². The second-order valence-electron chi connectivity index (χ2n) is 5.15. The normalized spacial score (nSPS) is 12.0. The summed E-state index contributed by atoms with van der Waals surface area (Å²) in [7, 11) is 3.22. The van der Waals surface area contributed by atoms with E-state index in [0.717, 1.165) is 17.7 Å². The SMILES string of the molecule is COc1ccc(C(O)CCc2ccc(C)cc2)c(OC)c1. The van der Waals surface area contributed by atoms with E-state index in [1.165, 1.54) is 11.1 Å². The summed E-state index contributed by atoms with van der Waals surface area (Å²) in [6.07, 6.45) is 0.940. The van der Waals surface area contributed by atoms with E-state index in [4.69, 9.17) is 9.47 Å². The zero-order valence-electron chi connectivity index (χ0n) is 12.8. The molecule has 21 heavy (non-hydrogen) atoms. The second kappa shape index (κ2) is 7.14. The fourth-order valence-corrected chi connectivity index (χ4v) is 2.31. The van der Waals surface area contributed by atoms with Gasteiger partial charge in [-0.15, -0.1) is 0 Å². The fraction of sp³-hybridized carbons (Fsp3) is 0.333. The van der Waals surface area contributed by atoms with E-state index in [-0.39, 0.29) is 0 Å². The van der Waals surface area contributed by atoms with Crippen LogP contribution in [-0.4, -0.2) is 19.3 Å². The van der Waals surface area contributed by atoms with Crippen LogP contribution < -0.4 is 9.47 Å². The highest BCUT2D eigenvalue weighted by Crippen LogP contribution is 2.31. The predicted molar refractivity (Wildman–Crippen MR) is 84.0 cm³/mol. The summed E-state index contributed by atoms with van der Waals surface area (Å²) in [5.74, 6) is 1.38. The number of benzene rings is 2. The number of aliphatic hydroxyl groups excluding tert-OH is 1. The van der Waals surface area contributed by atoms with Crippen LogP contribution in [0.4, 0.5) is 0 Å². The molecule has 0 aliphatic heterocycles. The lowest BCUT2D eigenvalue weighted by Gasteiger charge is -2.16. The van der Waals surface area contributed by atoms with Crippen molar-refractivity contribution < 1.29 is 14.6 Å². The lowest BCUT2D eigenvalue weighted by molar-refractivity contribution is 0.163. The van der Waals surface area contributed by atoms with Crippen LogP contribution in [0.25, 0.3) is 0 Å². The number of methoxy groups -OCH3 is 2. The molecule has 0 amide bonds. The molecule has 1 N–H and O–H groups in total. The van der Waals surface area contributed by atoms with Crippen molar-refractivity contribution in [3.8, 4) is 11.5 Å². The molecule has 1 atom stereocenters. The smallest absolute Gasteiger partial charge is 0.128 e. The van der Waals surface area contributed by atoms with Crippen LogP contribution in [0.15, 0.2) is 42.5 Å². The molecule has 2 rings (SSSR count). The van der Waals surface area contributed by atoms with Gasteiger partial charge in [0.15, 0.2) is 0 Å². The molecule has 0 radical (unpaired) electrons. The second-order valence-corrected chi connectivity index (χ2v) is 5.15. The molecule has 1 unspecified atom stereocenters. The van der Waals surface area contributed by atoms with Gasteiger partial charge in [-0.3, -0.25) is 0 Å². The van der Waals surface area contributed by atoms with Gasteiger partial charge in [-0.1, -0.05) is 29.8 Å². The summed E-state index contributed by atoms with van der Waals surface area (Å²) in [4.78, 5) is 0. The number of aliphatic hydroxyl groups is 1. The Balaban J connectivity index is 2.05. The van der Waals surface area contributed by atoms with Crippen molar-refractivity contribution in [2.24, 2.45) is 0 Å². The summed E-state index contributed by atoms with van der Waals surface area (Å²) >= 11 is 0. The fourth-order valence-electron chi connectivity index (χ4n) is 2.31. The lowest BCUT2D eigenvalue weighted by Crippen LogP contribution is -2.03. The third kappa shape index (κ3) is 3.99. The highest BCUT2D eigenvalue weighted by molar-refractivity contribution is 5.42. The summed E-state index contributed by atoms with van der Waals surface area (Å²) < 4.78 is 10.5. The van der Waals surface area contributed by atoms with E-state index in [1.807, 2.05) is 12.1 Å². The molecule has 0 fully saturated rings. The highest BCUT2D eigenvalue weighted by Gasteiger charge is 2.14. The lowest BCUT2D eigenvalue weighted by atomic mass is 10.00.